The maximum atomic E-state index is 13.0. The summed E-state index contributed by atoms with van der Waals surface area (Å²) in [5.41, 5.74) is 4.89. The minimum atomic E-state index is -0.915. The Morgan fingerprint density at radius 3 is 1.97 bits per heavy atom. The van der Waals surface area contributed by atoms with Crippen LogP contribution in [0, 0.1) is 0 Å². The van der Waals surface area contributed by atoms with Crippen molar-refractivity contribution < 1.29 is 19.4 Å². The van der Waals surface area contributed by atoms with Crippen LogP contribution in [0.3, 0.4) is 0 Å². The molecule has 2 amide bonds. The van der Waals surface area contributed by atoms with Crippen LogP contribution in [-0.4, -0.2) is 23.7 Å². The summed E-state index contributed by atoms with van der Waals surface area (Å²) in [5, 5.41) is 16.7. The Bertz CT molecular complexity index is 1250. The van der Waals surface area contributed by atoms with Crippen LogP contribution in [0.2, 0.25) is 0 Å². The molecule has 208 valence electrons. The van der Waals surface area contributed by atoms with Crippen LogP contribution in [0.5, 0.6) is 5.75 Å². The maximum Gasteiger partial charge on any atom is 0.333 e. The van der Waals surface area contributed by atoms with E-state index in [1.807, 2.05) is 42.5 Å². The van der Waals surface area contributed by atoms with Gasteiger partial charge in [-0.3, -0.25) is 0 Å². The van der Waals surface area contributed by atoms with E-state index in [2.05, 4.69) is 64.3 Å². The van der Waals surface area contributed by atoms with Crippen molar-refractivity contribution in [3.05, 3.63) is 94.5 Å². The number of ether oxygens (including phenoxy) is 1. The number of esters is 1. The molecule has 0 aliphatic carbocycles. The largest absolute Gasteiger partial charge is 0.507 e. The number of urea groups is 1. The highest BCUT2D eigenvalue weighted by molar-refractivity contribution is 5.93. The number of nitrogens with one attached hydrogen (secondary N) is 2. The molecule has 0 spiro atoms. The number of aromatic hydroxyl groups is 1. The fourth-order valence-electron chi connectivity index (χ4n) is 4.56. The zero-order valence-electron chi connectivity index (χ0n) is 24.2. The van der Waals surface area contributed by atoms with E-state index >= 15 is 0 Å². The van der Waals surface area contributed by atoms with Crippen LogP contribution in [-0.2, 0) is 33.2 Å². The zero-order chi connectivity index (χ0) is 28.8. The Morgan fingerprint density at radius 1 is 0.846 bits per heavy atom. The number of phenols is 1. The van der Waals surface area contributed by atoms with E-state index in [-0.39, 0.29) is 17.4 Å². The van der Waals surface area contributed by atoms with E-state index in [0.717, 1.165) is 28.7 Å². The average Bonchev–Trinajstić information content (AvgIpc) is 2.86. The van der Waals surface area contributed by atoms with Crippen LogP contribution in [0.1, 0.15) is 82.3 Å². The molecule has 0 radical (unpaired) electrons. The van der Waals surface area contributed by atoms with Gasteiger partial charge in [-0.1, -0.05) is 102 Å². The van der Waals surface area contributed by atoms with Gasteiger partial charge in [0.2, 0.25) is 0 Å². The van der Waals surface area contributed by atoms with Gasteiger partial charge in [0.1, 0.15) is 5.75 Å². The van der Waals surface area contributed by atoms with Gasteiger partial charge in [0.15, 0.2) is 6.04 Å². The molecule has 3 N–H and O–H groups in total. The fraction of sp³-hybridized carbons (Fsp3) is 0.394. The third kappa shape index (κ3) is 7.85. The van der Waals surface area contributed by atoms with E-state index in [0.29, 0.717) is 23.4 Å². The molecule has 0 aliphatic heterocycles. The van der Waals surface area contributed by atoms with E-state index in [1.54, 1.807) is 19.1 Å². The van der Waals surface area contributed by atoms with E-state index < -0.39 is 18.0 Å². The van der Waals surface area contributed by atoms with Crippen LogP contribution in [0.4, 0.5) is 10.5 Å². The normalized spacial score (nSPS) is 12.5. The van der Waals surface area contributed by atoms with Gasteiger partial charge < -0.3 is 20.5 Å². The molecule has 3 rings (SSSR count). The Labute approximate surface area is 232 Å². The first kappa shape index (κ1) is 29.8. The fourth-order valence-corrected chi connectivity index (χ4v) is 4.56. The first-order chi connectivity index (χ1) is 18.3. The van der Waals surface area contributed by atoms with Crippen molar-refractivity contribution in [3.63, 3.8) is 0 Å². The Kier molecular flexibility index (Phi) is 9.44. The standard InChI is InChI=1S/C33H42N2O4/c1-8-39-30(37)28(24-15-10-9-11-16-24)35-31(38)34-27-17-13-12-14-23(27)19-18-22-20-25(32(2,3)4)29(36)26(21-22)33(5,6)7/h9-17,20-21,28,36H,8,18-19H2,1-7H3,(H2,34,35,38)/t28-/m1/s1. The highest BCUT2D eigenvalue weighted by Gasteiger charge is 2.27. The van der Waals surface area contributed by atoms with Crippen molar-refractivity contribution in [2.45, 2.75) is 78.2 Å². The van der Waals surface area contributed by atoms with Gasteiger partial charge >= 0.3 is 12.0 Å². The number of rotatable bonds is 8. The Balaban J connectivity index is 1.81. The molecule has 0 saturated carbocycles. The van der Waals surface area contributed by atoms with Gasteiger partial charge in [-0.15, -0.1) is 0 Å². The summed E-state index contributed by atoms with van der Waals surface area (Å²) in [4.78, 5) is 25.6. The first-order valence-electron chi connectivity index (χ1n) is 13.5. The lowest BCUT2D eigenvalue weighted by Gasteiger charge is -2.28. The minimum Gasteiger partial charge on any atom is -0.507 e. The topological polar surface area (TPSA) is 87.7 Å². The summed E-state index contributed by atoms with van der Waals surface area (Å²) >= 11 is 0. The monoisotopic (exact) mass is 530 g/mol. The summed E-state index contributed by atoms with van der Waals surface area (Å²) in [7, 11) is 0. The Morgan fingerprint density at radius 2 is 1.41 bits per heavy atom. The lowest BCUT2D eigenvalue weighted by Crippen LogP contribution is -2.37. The SMILES string of the molecule is CCOC(=O)[C@H](NC(=O)Nc1ccccc1CCc1cc(C(C)(C)C)c(O)c(C(C)(C)C)c1)c1ccccc1. The van der Waals surface area contributed by atoms with E-state index in [9.17, 15) is 14.7 Å². The number of aryl methyl sites for hydroxylation is 2. The molecule has 0 saturated heterocycles. The number of carbonyl (C=O) groups is 2. The number of hydrogen-bond donors (Lipinski definition) is 3. The van der Waals surface area contributed by atoms with Gasteiger partial charge in [0.05, 0.1) is 6.61 Å². The molecule has 0 unspecified atom stereocenters. The molecule has 3 aromatic carbocycles. The molecule has 39 heavy (non-hydrogen) atoms. The zero-order valence-corrected chi connectivity index (χ0v) is 24.2. The lowest BCUT2D eigenvalue weighted by molar-refractivity contribution is -0.145. The number of para-hydroxylation sites is 1. The minimum absolute atomic E-state index is 0.203. The number of benzene rings is 3. The second kappa shape index (κ2) is 12.4. The third-order valence-electron chi connectivity index (χ3n) is 6.66. The summed E-state index contributed by atoms with van der Waals surface area (Å²) in [6.07, 6.45) is 1.43. The molecule has 3 aromatic rings. The van der Waals surface area contributed by atoms with Crippen LogP contribution < -0.4 is 10.6 Å². The Hall–Kier alpha value is -3.80. The molecule has 6 heteroatoms. The van der Waals surface area contributed by atoms with Gasteiger partial charge in [-0.25, -0.2) is 9.59 Å². The summed E-state index contributed by atoms with van der Waals surface area (Å²) in [6.45, 7) is 14.6. The van der Waals surface area contributed by atoms with Crippen molar-refractivity contribution in [1.82, 2.24) is 5.32 Å². The molecule has 0 aromatic heterocycles. The van der Waals surface area contributed by atoms with Crippen molar-refractivity contribution in [3.8, 4) is 5.75 Å². The highest BCUT2D eigenvalue weighted by atomic mass is 16.5. The van der Waals surface area contributed by atoms with Gasteiger partial charge in [0.25, 0.3) is 0 Å². The summed E-state index contributed by atoms with van der Waals surface area (Å²) in [5.74, 6) is -0.143. The molecule has 0 bridgehead atoms. The smallest absolute Gasteiger partial charge is 0.333 e. The van der Waals surface area contributed by atoms with Gasteiger partial charge in [-0.2, -0.15) is 0 Å². The van der Waals surface area contributed by atoms with Crippen molar-refractivity contribution in [2.75, 3.05) is 11.9 Å². The van der Waals surface area contributed by atoms with Gasteiger partial charge in [0, 0.05) is 5.69 Å². The second-order valence-corrected chi connectivity index (χ2v) is 11.9. The number of carbonyl (C=O) groups excluding carboxylic acids is 2. The van der Waals surface area contributed by atoms with E-state index in [4.69, 9.17) is 4.74 Å². The number of hydrogen-bond acceptors (Lipinski definition) is 4. The predicted molar refractivity (Wildman–Crippen MR) is 157 cm³/mol. The quantitative estimate of drug-likeness (QED) is 0.269. The van der Waals surface area contributed by atoms with Gasteiger partial charge in [-0.05, 0) is 64.5 Å². The molecule has 0 aliphatic rings. The number of anilines is 1. The maximum absolute atomic E-state index is 13.0. The first-order valence-corrected chi connectivity index (χ1v) is 13.5. The van der Waals surface area contributed by atoms with E-state index in [1.165, 1.54) is 0 Å². The third-order valence-corrected chi connectivity index (χ3v) is 6.66. The molecule has 1 atom stereocenters. The molecule has 0 heterocycles. The number of phenolic OH excluding ortho intramolecular Hbond substituents is 1. The molecular formula is C33H42N2O4. The molecule has 6 nitrogen and oxygen atoms in total. The lowest BCUT2D eigenvalue weighted by atomic mass is 9.78. The van der Waals surface area contributed by atoms with Crippen LogP contribution in [0.25, 0.3) is 0 Å². The molecular weight excluding hydrogens is 488 g/mol. The van der Waals surface area contributed by atoms with Crippen molar-refractivity contribution in [2.24, 2.45) is 0 Å². The second-order valence-electron chi connectivity index (χ2n) is 11.9. The highest BCUT2D eigenvalue weighted by Crippen LogP contribution is 2.40. The van der Waals surface area contributed by atoms with Crippen LogP contribution in [0.15, 0.2) is 66.7 Å². The average molecular weight is 531 g/mol. The van der Waals surface area contributed by atoms with Crippen molar-refractivity contribution in [1.29, 1.82) is 0 Å². The summed E-state index contributed by atoms with van der Waals surface area (Å²) < 4.78 is 5.20. The number of amides is 2. The molecule has 0 fully saturated rings. The summed E-state index contributed by atoms with van der Waals surface area (Å²) in [6, 6.07) is 19.5. The van der Waals surface area contributed by atoms with Crippen molar-refractivity contribution >= 4 is 17.7 Å². The van der Waals surface area contributed by atoms with Crippen LogP contribution >= 0.6 is 0 Å². The predicted octanol–water partition coefficient (Wildman–Crippen LogP) is 7.20.